The highest BCUT2D eigenvalue weighted by Gasteiger charge is 2.00. The number of hydrogen-bond acceptors (Lipinski definition) is 5. The smallest absolute Gasteiger partial charge is 0.436 e. The molecule has 0 saturated carbocycles. The molecule has 0 aliphatic rings. The van der Waals surface area contributed by atoms with Crippen LogP contribution in [0.1, 0.15) is 13.8 Å². The molecule has 7 heteroatoms. The van der Waals surface area contributed by atoms with E-state index in [1.54, 1.807) is 20.1 Å². The zero-order chi connectivity index (χ0) is 11.5. The molecule has 0 atom stereocenters. The summed E-state index contributed by atoms with van der Waals surface area (Å²) < 4.78 is 4.62. The molecule has 0 heterocycles. The Labute approximate surface area is 92.6 Å². The molecule has 15 heavy (non-hydrogen) atoms. The SMILES string of the molecule is CCOOC=NC(=NC(=O)OCC)SC. The van der Waals surface area contributed by atoms with E-state index < -0.39 is 6.09 Å². The zero-order valence-corrected chi connectivity index (χ0v) is 9.74. The summed E-state index contributed by atoms with van der Waals surface area (Å²) in [5.74, 6) is 0. The monoisotopic (exact) mass is 234 g/mol. The van der Waals surface area contributed by atoms with E-state index in [9.17, 15) is 4.79 Å². The summed E-state index contributed by atoms with van der Waals surface area (Å²) in [4.78, 5) is 27.3. The summed E-state index contributed by atoms with van der Waals surface area (Å²) in [7, 11) is 0. The van der Waals surface area contributed by atoms with Gasteiger partial charge in [-0.3, -0.25) is 0 Å². The van der Waals surface area contributed by atoms with Gasteiger partial charge in [-0.15, -0.1) is 4.99 Å². The maximum Gasteiger partial charge on any atom is 0.436 e. The van der Waals surface area contributed by atoms with Crippen LogP contribution in [0.4, 0.5) is 4.79 Å². The minimum atomic E-state index is -0.671. The number of hydrogen-bond donors (Lipinski definition) is 0. The van der Waals surface area contributed by atoms with E-state index in [1.165, 1.54) is 11.8 Å². The van der Waals surface area contributed by atoms with Crippen molar-refractivity contribution in [1.82, 2.24) is 0 Å². The number of thioether (sulfide) groups is 1. The summed E-state index contributed by atoms with van der Waals surface area (Å²) >= 11 is 1.20. The molecule has 0 aliphatic heterocycles. The Balaban J connectivity index is 4.10. The van der Waals surface area contributed by atoms with Crippen molar-refractivity contribution in [3.8, 4) is 0 Å². The largest absolute Gasteiger partial charge is 0.448 e. The lowest BCUT2D eigenvalue weighted by atomic mass is 10.9. The molecule has 0 N–H and O–H groups in total. The number of amides is 1. The van der Waals surface area contributed by atoms with Gasteiger partial charge in [0, 0.05) is 0 Å². The normalized spacial score (nSPS) is 11.8. The van der Waals surface area contributed by atoms with Crippen molar-refractivity contribution in [3.05, 3.63) is 0 Å². The molecule has 0 rings (SSSR count). The molecule has 0 aromatic rings. The maximum absolute atomic E-state index is 10.9. The molecule has 0 radical (unpaired) electrons. The fraction of sp³-hybridized carbons (Fsp3) is 0.625. The van der Waals surface area contributed by atoms with E-state index in [0.29, 0.717) is 6.61 Å². The van der Waals surface area contributed by atoms with Crippen molar-refractivity contribution in [2.24, 2.45) is 9.98 Å². The molecule has 0 bridgehead atoms. The Bertz CT molecular complexity index is 243. The lowest BCUT2D eigenvalue weighted by Crippen LogP contribution is -2.01. The number of aliphatic imine (C=N–C) groups is 2. The van der Waals surface area contributed by atoms with E-state index in [4.69, 9.17) is 0 Å². The molecule has 0 spiro atoms. The highest BCUT2D eigenvalue weighted by molar-refractivity contribution is 8.13. The lowest BCUT2D eigenvalue weighted by molar-refractivity contribution is -0.211. The Morgan fingerprint density at radius 2 is 2.13 bits per heavy atom. The maximum atomic E-state index is 10.9. The second kappa shape index (κ2) is 9.47. The van der Waals surface area contributed by atoms with Gasteiger partial charge >= 0.3 is 6.09 Å². The summed E-state index contributed by atoms with van der Waals surface area (Å²) in [5, 5.41) is 0.244. The molecule has 0 aliphatic carbocycles. The van der Waals surface area contributed by atoms with Gasteiger partial charge in [-0.05, 0) is 20.1 Å². The van der Waals surface area contributed by atoms with Crippen molar-refractivity contribution in [1.29, 1.82) is 0 Å². The van der Waals surface area contributed by atoms with Crippen LogP contribution in [0.3, 0.4) is 0 Å². The van der Waals surface area contributed by atoms with Crippen molar-refractivity contribution in [3.63, 3.8) is 0 Å². The molecule has 1 amide bonds. The Hall–Kier alpha value is -1.08. The topological polar surface area (TPSA) is 69.5 Å². The number of nitrogens with zero attached hydrogens (tertiary/aromatic N) is 2. The minimum Gasteiger partial charge on any atom is -0.448 e. The Morgan fingerprint density at radius 1 is 1.40 bits per heavy atom. The Morgan fingerprint density at radius 3 is 2.67 bits per heavy atom. The lowest BCUT2D eigenvalue weighted by Gasteiger charge is -1.97. The van der Waals surface area contributed by atoms with Crippen LogP contribution in [0.2, 0.25) is 0 Å². The van der Waals surface area contributed by atoms with Crippen LogP contribution >= 0.6 is 11.8 Å². The second-order valence-electron chi connectivity index (χ2n) is 2.03. The number of rotatable bonds is 4. The molecule has 0 saturated heterocycles. The zero-order valence-electron chi connectivity index (χ0n) is 8.93. The molecule has 0 fully saturated rings. The third-order valence-corrected chi connectivity index (χ3v) is 1.59. The average molecular weight is 234 g/mol. The minimum absolute atomic E-state index is 0.244. The summed E-state index contributed by atoms with van der Waals surface area (Å²) in [5.41, 5.74) is 0. The average Bonchev–Trinajstić information content (AvgIpc) is 2.23. The van der Waals surface area contributed by atoms with Gasteiger partial charge in [-0.1, -0.05) is 11.8 Å². The van der Waals surface area contributed by atoms with Crippen LogP contribution in [0.25, 0.3) is 0 Å². The Kier molecular flexibility index (Phi) is 8.79. The molecule has 0 unspecified atom stereocenters. The second-order valence-corrected chi connectivity index (χ2v) is 2.81. The first-order valence-corrected chi connectivity index (χ1v) is 5.57. The first kappa shape index (κ1) is 13.9. The van der Waals surface area contributed by atoms with Gasteiger partial charge in [-0.2, -0.15) is 9.88 Å². The third-order valence-electron chi connectivity index (χ3n) is 1.03. The summed E-state index contributed by atoms with van der Waals surface area (Å²) in [6.07, 6.45) is 2.13. The predicted molar refractivity (Wildman–Crippen MR) is 59.2 cm³/mol. The van der Waals surface area contributed by atoms with E-state index in [2.05, 4.69) is 24.5 Å². The van der Waals surface area contributed by atoms with Crippen LogP contribution in [-0.2, 0) is 14.5 Å². The first-order chi connectivity index (χ1) is 7.24. The van der Waals surface area contributed by atoms with Gasteiger partial charge in [-0.25, -0.2) is 4.79 Å². The van der Waals surface area contributed by atoms with Crippen LogP contribution in [0.15, 0.2) is 9.98 Å². The summed E-state index contributed by atoms with van der Waals surface area (Å²) in [6.45, 7) is 4.17. The van der Waals surface area contributed by atoms with Gasteiger partial charge in [0.25, 0.3) is 0 Å². The quantitative estimate of drug-likeness (QED) is 0.244. The molecule has 0 aromatic heterocycles. The van der Waals surface area contributed by atoms with Crippen molar-refractivity contribution in [2.45, 2.75) is 13.8 Å². The predicted octanol–water partition coefficient (Wildman–Crippen LogP) is 1.86. The van der Waals surface area contributed by atoms with Gasteiger partial charge in [0.05, 0.1) is 13.2 Å². The molecule has 0 aromatic carbocycles. The van der Waals surface area contributed by atoms with Crippen molar-refractivity contribution in [2.75, 3.05) is 19.5 Å². The summed E-state index contributed by atoms with van der Waals surface area (Å²) in [6, 6.07) is 0. The highest BCUT2D eigenvalue weighted by Crippen LogP contribution is 2.00. The van der Waals surface area contributed by atoms with E-state index in [0.717, 1.165) is 6.40 Å². The van der Waals surface area contributed by atoms with E-state index >= 15 is 0 Å². The number of ether oxygens (including phenoxy) is 1. The number of amidine groups is 1. The van der Waals surface area contributed by atoms with Crippen LogP contribution < -0.4 is 0 Å². The molecule has 86 valence electrons. The van der Waals surface area contributed by atoms with Gasteiger partial charge in [0.2, 0.25) is 6.40 Å². The van der Waals surface area contributed by atoms with Crippen LogP contribution in [0.5, 0.6) is 0 Å². The first-order valence-electron chi connectivity index (χ1n) is 4.34. The molecular weight excluding hydrogens is 220 g/mol. The fourth-order valence-electron chi connectivity index (χ4n) is 0.526. The van der Waals surface area contributed by atoms with E-state index in [1.807, 2.05) is 0 Å². The fourth-order valence-corrected chi connectivity index (χ4v) is 0.840. The third kappa shape index (κ3) is 7.95. The van der Waals surface area contributed by atoms with Crippen molar-refractivity contribution >= 4 is 29.4 Å². The number of carbonyl (C=O) groups is 1. The number of carbonyl (C=O) groups excluding carboxylic acids is 1. The standard InChI is InChI=1S/C8H14N2O4S/c1-4-12-8(11)10-7(15-3)9-6-14-13-5-2/h6H,4-5H2,1-3H3. The van der Waals surface area contributed by atoms with Gasteiger partial charge < -0.3 is 9.62 Å². The molecule has 6 nitrogen and oxygen atoms in total. The van der Waals surface area contributed by atoms with Crippen LogP contribution in [0, 0.1) is 0 Å². The van der Waals surface area contributed by atoms with Crippen molar-refractivity contribution < 1.29 is 19.3 Å². The highest BCUT2D eigenvalue weighted by atomic mass is 32.2. The van der Waals surface area contributed by atoms with Gasteiger partial charge in [0.1, 0.15) is 0 Å². The van der Waals surface area contributed by atoms with E-state index in [-0.39, 0.29) is 11.8 Å². The molecular formula is C8H14N2O4S. The van der Waals surface area contributed by atoms with Crippen LogP contribution in [-0.4, -0.2) is 37.1 Å². The van der Waals surface area contributed by atoms with Gasteiger partial charge in [0.15, 0.2) is 5.17 Å².